The van der Waals surface area contributed by atoms with E-state index >= 15 is 0 Å². The van der Waals surface area contributed by atoms with E-state index in [2.05, 4.69) is 9.97 Å². The maximum Gasteiger partial charge on any atom is 0.337 e. The highest BCUT2D eigenvalue weighted by Gasteiger charge is 2.15. The minimum atomic E-state index is -1.10. The molecule has 0 spiro atoms. The van der Waals surface area contributed by atoms with Crippen molar-refractivity contribution in [3.05, 3.63) is 35.3 Å². The molecule has 0 unspecified atom stereocenters. The standard InChI is InChI=1S/C9H5ClN2O3S/c10-6-5(8(13)14)1-2-11-7(6)16-9-12-3-4-15-9/h1-4H,(H,13,14). The molecule has 7 heteroatoms. The Kier molecular flexibility index (Phi) is 3.12. The first-order valence-electron chi connectivity index (χ1n) is 4.13. The van der Waals surface area contributed by atoms with Gasteiger partial charge in [0.05, 0.1) is 16.8 Å². The summed E-state index contributed by atoms with van der Waals surface area (Å²) in [5, 5.41) is 9.65. The molecule has 2 aromatic heterocycles. The van der Waals surface area contributed by atoms with E-state index in [4.69, 9.17) is 21.1 Å². The van der Waals surface area contributed by atoms with Crippen molar-refractivity contribution in [3.63, 3.8) is 0 Å². The number of halogens is 1. The fraction of sp³-hybridized carbons (Fsp3) is 0. The van der Waals surface area contributed by atoms with Crippen molar-refractivity contribution in [3.8, 4) is 0 Å². The van der Waals surface area contributed by atoms with Crippen LogP contribution in [-0.2, 0) is 0 Å². The van der Waals surface area contributed by atoms with Crippen molar-refractivity contribution >= 4 is 29.3 Å². The summed E-state index contributed by atoms with van der Waals surface area (Å²) in [5.41, 5.74) is 0.00530. The van der Waals surface area contributed by atoms with Gasteiger partial charge < -0.3 is 9.52 Å². The molecular weight excluding hydrogens is 252 g/mol. The summed E-state index contributed by atoms with van der Waals surface area (Å²) in [5.74, 6) is -1.10. The Morgan fingerprint density at radius 3 is 2.88 bits per heavy atom. The number of nitrogens with zero attached hydrogens (tertiary/aromatic N) is 2. The lowest BCUT2D eigenvalue weighted by molar-refractivity contribution is 0.0696. The van der Waals surface area contributed by atoms with Crippen molar-refractivity contribution in [2.75, 3.05) is 0 Å². The lowest BCUT2D eigenvalue weighted by atomic mass is 10.3. The molecule has 16 heavy (non-hydrogen) atoms. The third-order valence-corrected chi connectivity index (χ3v) is 3.06. The molecule has 1 N–H and O–H groups in total. The zero-order chi connectivity index (χ0) is 11.5. The van der Waals surface area contributed by atoms with E-state index in [-0.39, 0.29) is 10.6 Å². The zero-order valence-electron chi connectivity index (χ0n) is 7.75. The first-order valence-corrected chi connectivity index (χ1v) is 5.33. The molecule has 82 valence electrons. The monoisotopic (exact) mass is 256 g/mol. The maximum atomic E-state index is 10.8. The van der Waals surface area contributed by atoms with E-state index in [0.29, 0.717) is 10.2 Å². The number of pyridine rings is 1. The number of aromatic nitrogens is 2. The molecule has 0 saturated heterocycles. The van der Waals surface area contributed by atoms with Gasteiger partial charge in [0.15, 0.2) is 0 Å². The van der Waals surface area contributed by atoms with E-state index in [1.165, 1.54) is 24.7 Å². The number of aromatic carboxylic acids is 1. The molecule has 0 radical (unpaired) electrons. The lowest BCUT2D eigenvalue weighted by Gasteiger charge is -2.02. The van der Waals surface area contributed by atoms with Gasteiger partial charge in [-0.25, -0.2) is 14.8 Å². The van der Waals surface area contributed by atoms with E-state index in [9.17, 15) is 4.79 Å². The zero-order valence-corrected chi connectivity index (χ0v) is 9.33. The highest BCUT2D eigenvalue weighted by molar-refractivity contribution is 7.99. The second-order valence-electron chi connectivity index (χ2n) is 2.68. The Balaban J connectivity index is 2.35. The molecule has 2 rings (SSSR count). The fourth-order valence-corrected chi connectivity index (χ4v) is 2.01. The van der Waals surface area contributed by atoms with Crippen LogP contribution < -0.4 is 0 Å². The number of carbonyl (C=O) groups is 1. The van der Waals surface area contributed by atoms with Crippen LogP contribution in [-0.4, -0.2) is 21.0 Å². The average Bonchev–Trinajstić information content (AvgIpc) is 2.73. The van der Waals surface area contributed by atoms with Gasteiger partial charge >= 0.3 is 5.97 Å². The summed E-state index contributed by atoms with van der Waals surface area (Å²) < 4.78 is 5.00. The smallest absolute Gasteiger partial charge is 0.337 e. The molecule has 0 aliphatic heterocycles. The van der Waals surface area contributed by atoms with Crippen LogP contribution in [0.5, 0.6) is 0 Å². The van der Waals surface area contributed by atoms with Gasteiger partial charge in [-0.1, -0.05) is 11.6 Å². The van der Waals surface area contributed by atoms with Crippen LogP contribution in [0.2, 0.25) is 5.02 Å². The number of rotatable bonds is 3. The number of oxazole rings is 1. The Morgan fingerprint density at radius 2 is 2.25 bits per heavy atom. The van der Waals surface area contributed by atoms with Gasteiger partial charge in [0.25, 0.3) is 5.22 Å². The van der Waals surface area contributed by atoms with Crippen LogP contribution in [0.25, 0.3) is 0 Å². The average molecular weight is 257 g/mol. The van der Waals surface area contributed by atoms with Crippen LogP contribution in [0.3, 0.4) is 0 Å². The third kappa shape index (κ3) is 2.17. The molecule has 0 amide bonds. The minimum Gasteiger partial charge on any atom is -0.478 e. The van der Waals surface area contributed by atoms with Crippen molar-refractivity contribution in [1.29, 1.82) is 0 Å². The molecule has 5 nitrogen and oxygen atoms in total. The lowest BCUT2D eigenvalue weighted by Crippen LogP contribution is -1.99. The molecule has 0 aliphatic carbocycles. The number of carboxylic acid groups (broad SMARTS) is 1. The van der Waals surface area contributed by atoms with Crippen molar-refractivity contribution in [2.45, 2.75) is 10.2 Å². The van der Waals surface area contributed by atoms with Crippen molar-refractivity contribution < 1.29 is 14.3 Å². The Hall–Kier alpha value is -1.53. The van der Waals surface area contributed by atoms with Gasteiger partial charge in [0, 0.05) is 6.20 Å². The largest absolute Gasteiger partial charge is 0.478 e. The van der Waals surface area contributed by atoms with Gasteiger partial charge in [-0.3, -0.25) is 0 Å². The summed E-state index contributed by atoms with van der Waals surface area (Å²) in [4.78, 5) is 18.7. The second kappa shape index (κ2) is 4.54. The Labute approximate surface area is 99.5 Å². The van der Waals surface area contributed by atoms with Gasteiger partial charge in [0.1, 0.15) is 11.3 Å². The third-order valence-electron chi connectivity index (χ3n) is 1.68. The number of hydrogen-bond acceptors (Lipinski definition) is 5. The summed E-state index contributed by atoms with van der Waals surface area (Å²) >= 11 is 6.96. The molecule has 2 aromatic rings. The topological polar surface area (TPSA) is 76.2 Å². The van der Waals surface area contributed by atoms with E-state index < -0.39 is 5.97 Å². The first-order chi connectivity index (χ1) is 7.68. The second-order valence-corrected chi connectivity index (χ2v) is 4.00. The molecule has 0 aromatic carbocycles. The van der Waals surface area contributed by atoms with Crippen molar-refractivity contribution in [2.24, 2.45) is 0 Å². The summed E-state index contributed by atoms with van der Waals surface area (Å²) in [6.45, 7) is 0. The van der Waals surface area contributed by atoms with Crippen LogP contribution in [0, 0.1) is 0 Å². The van der Waals surface area contributed by atoms with Crippen LogP contribution in [0.4, 0.5) is 0 Å². The molecule has 0 atom stereocenters. The fourth-order valence-electron chi connectivity index (χ4n) is 1.00. The molecule has 2 heterocycles. The summed E-state index contributed by atoms with van der Waals surface area (Å²) in [6.07, 6.45) is 4.27. The quantitative estimate of drug-likeness (QED) is 0.910. The SMILES string of the molecule is O=C(O)c1ccnc(Sc2ncco2)c1Cl. The molecular formula is C9H5ClN2O3S. The highest BCUT2D eigenvalue weighted by atomic mass is 35.5. The molecule has 0 aliphatic rings. The molecule has 0 saturated carbocycles. The molecule has 0 fully saturated rings. The Morgan fingerprint density at radius 1 is 1.44 bits per heavy atom. The van der Waals surface area contributed by atoms with Crippen LogP contribution >= 0.6 is 23.4 Å². The predicted molar refractivity (Wildman–Crippen MR) is 56.8 cm³/mol. The van der Waals surface area contributed by atoms with E-state index in [1.807, 2.05) is 0 Å². The highest BCUT2D eigenvalue weighted by Crippen LogP contribution is 2.32. The molecule has 0 bridgehead atoms. The summed E-state index contributed by atoms with van der Waals surface area (Å²) in [6, 6.07) is 1.34. The first kappa shape index (κ1) is 11.0. The summed E-state index contributed by atoms with van der Waals surface area (Å²) in [7, 11) is 0. The number of hydrogen-bond donors (Lipinski definition) is 1. The van der Waals surface area contributed by atoms with Crippen LogP contribution in [0.1, 0.15) is 10.4 Å². The Bertz CT molecular complexity index is 515. The maximum absolute atomic E-state index is 10.8. The van der Waals surface area contributed by atoms with Gasteiger partial charge in [-0.05, 0) is 17.8 Å². The van der Waals surface area contributed by atoms with Crippen LogP contribution in [0.15, 0.2) is 39.4 Å². The minimum absolute atomic E-state index is 0.00530. The van der Waals surface area contributed by atoms with Gasteiger partial charge in [-0.2, -0.15) is 0 Å². The number of carboxylic acids is 1. The normalized spacial score (nSPS) is 10.3. The van der Waals surface area contributed by atoms with E-state index in [0.717, 1.165) is 11.8 Å². The van der Waals surface area contributed by atoms with E-state index in [1.54, 1.807) is 0 Å². The van der Waals surface area contributed by atoms with Crippen molar-refractivity contribution in [1.82, 2.24) is 9.97 Å². The van der Waals surface area contributed by atoms with Gasteiger partial charge in [-0.15, -0.1) is 0 Å². The predicted octanol–water partition coefficient (Wildman–Crippen LogP) is 2.57. The van der Waals surface area contributed by atoms with Gasteiger partial charge in [0.2, 0.25) is 0 Å².